The molecule has 0 aliphatic carbocycles. The number of nitrogen functional groups attached to an aromatic ring is 1. The van der Waals surface area contributed by atoms with Gasteiger partial charge in [0.15, 0.2) is 5.82 Å². The summed E-state index contributed by atoms with van der Waals surface area (Å²) in [4.78, 5) is 4.43. The maximum absolute atomic E-state index is 13.4. The van der Waals surface area contributed by atoms with Gasteiger partial charge in [0, 0.05) is 27.9 Å². The fourth-order valence-corrected chi connectivity index (χ4v) is 3.71. The first-order valence-electron chi connectivity index (χ1n) is 7.75. The second-order valence-electron chi connectivity index (χ2n) is 5.58. The molecule has 4 aromatic rings. The van der Waals surface area contributed by atoms with Gasteiger partial charge < -0.3 is 5.84 Å². The van der Waals surface area contributed by atoms with Gasteiger partial charge in [0.2, 0.25) is 5.16 Å². The molecule has 0 aliphatic heterocycles. The van der Waals surface area contributed by atoms with E-state index in [1.54, 1.807) is 18.3 Å². The molecule has 0 atom stereocenters. The van der Waals surface area contributed by atoms with E-state index < -0.39 is 0 Å². The first-order valence-corrected chi connectivity index (χ1v) is 9.11. The Labute approximate surface area is 158 Å². The molecule has 0 radical (unpaired) electrons. The Morgan fingerprint density at radius 2 is 2.00 bits per heavy atom. The lowest BCUT2D eigenvalue weighted by atomic mass is 10.1. The van der Waals surface area contributed by atoms with Crippen molar-refractivity contribution in [1.29, 1.82) is 0 Å². The van der Waals surface area contributed by atoms with Crippen LogP contribution < -0.4 is 5.84 Å². The summed E-state index contributed by atoms with van der Waals surface area (Å²) in [6.45, 7) is 0. The number of halogens is 2. The standard InChI is InChI=1S/C18H13ClFN5S/c19-15-7-6-12(16-14(15)5-2-8-22-16)10-26-18-24-23-17(25(18)21)11-3-1-4-13(20)9-11/h1-9H,10,21H2. The molecule has 2 N–H and O–H groups in total. The van der Waals surface area contributed by atoms with E-state index in [1.807, 2.05) is 24.3 Å². The van der Waals surface area contributed by atoms with E-state index in [9.17, 15) is 4.39 Å². The Morgan fingerprint density at radius 1 is 1.12 bits per heavy atom. The summed E-state index contributed by atoms with van der Waals surface area (Å²) in [5, 5.41) is 10.3. The third kappa shape index (κ3) is 3.11. The van der Waals surface area contributed by atoms with Crippen LogP contribution in [0.4, 0.5) is 4.39 Å². The summed E-state index contributed by atoms with van der Waals surface area (Å²) in [5.41, 5.74) is 2.44. The summed E-state index contributed by atoms with van der Waals surface area (Å²) in [7, 11) is 0. The minimum absolute atomic E-state index is 0.349. The highest BCUT2D eigenvalue weighted by atomic mass is 35.5. The molecule has 4 rings (SSSR count). The predicted octanol–water partition coefficient (Wildman–Crippen LogP) is 4.29. The zero-order chi connectivity index (χ0) is 18.1. The molecule has 2 heterocycles. The summed E-state index contributed by atoms with van der Waals surface area (Å²) in [6, 6.07) is 13.7. The van der Waals surface area contributed by atoms with E-state index in [-0.39, 0.29) is 5.82 Å². The van der Waals surface area contributed by atoms with E-state index in [4.69, 9.17) is 17.4 Å². The minimum Gasteiger partial charge on any atom is -0.335 e. The van der Waals surface area contributed by atoms with Crippen molar-refractivity contribution in [2.75, 3.05) is 5.84 Å². The maximum atomic E-state index is 13.4. The van der Waals surface area contributed by atoms with Gasteiger partial charge in [-0.15, -0.1) is 10.2 Å². The highest BCUT2D eigenvalue weighted by Crippen LogP contribution is 2.30. The highest BCUT2D eigenvalue weighted by molar-refractivity contribution is 7.98. The molecule has 26 heavy (non-hydrogen) atoms. The molecule has 2 aromatic carbocycles. The normalized spacial score (nSPS) is 11.2. The molecule has 2 aromatic heterocycles. The van der Waals surface area contributed by atoms with Crippen LogP contribution in [0, 0.1) is 5.82 Å². The monoisotopic (exact) mass is 385 g/mol. The number of benzene rings is 2. The Hall–Kier alpha value is -2.64. The first-order chi connectivity index (χ1) is 12.6. The van der Waals surface area contributed by atoms with Crippen LogP contribution >= 0.6 is 23.4 Å². The van der Waals surface area contributed by atoms with Crippen molar-refractivity contribution in [1.82, 2.24) is 19.9 Å². The maximum Gasteiger partial charge on any atom is 0.210 e. The molecule has 0 saturated heterocycles. The zero-order valence-electron chi connectivity index (χ0n) is 13.4. The van der Waals surface area contributed by atoms with Crippen LogP contribution in [0.1, 0.15) is 5.56 Å². The van der Waals surface area contributed by atoms with Gasteiger partial charge in [-0.3, -0.25) is 4.98 Å². The van der Waals surface area contributed by atoms with Gasteiger partial charge in [0.25, 0.3) is 0 Å². The van der Waals surface area contributed by atoms with E-state index in [1.165, 1.54) is 28.6 Å². The highest BCUT2D eigenvalue weighted by Gasteiger charge is 2.14. The molecule has 5 nitrogen and oxygen atoms in total. The van der Waals surface area contributed by atoms with Crippen LogP contribution in [0.15, 0.2) is 59.9 Å². The van der Waals surface area contributed by atoms with Gasteiger partial charge in [-0.25, -0.2) is 9.07 Å². The van der Waals surface area contributed by atoms with Crippen LogP contribution in [-0.2, 0) is 5.75 Å². The second kappa shape index (κ2) is 6.93. The number of pyridine rings is 1. The summed E-state index contributed by atoms with van der Waals surface area (Å²) in [5.74, 6) is 6.76. The lowest BCUT2D eigenvalue weighted by molar-refractivity contribution is 0.628. The Bertz CT molecular complexity index is 1100. The number of hydrogen-bond acceptors (Lipinski definition) is 5. The van der Waals surface area contributed by atoms with Crippen molar-refractivity contribution in [2.24, 2.45) is 0 Å². The fourth-order valence-electron chi connectivity index (χ4n) is 2.66. The summed E-state index contributed by atoms with van der Waals surface area (Å²) in [6.07, 6.45) is 1.74. The van der Waals surface area contributed by atoms with Gasteiger partial charge in [0.1, 0.15) is 5.82 Å². The minimum atomic E-state index is -0.349. The first kappa shape index (κ1) is 16.8. The molecule has 0 saturated carbocycles. The molecular weight excluding hydrogens is 373 g/mol. The quantitative estimate of drug-likeness (QED) is 0.419. The van der Waals surface area contributed by atoms with E-state index in [0.29, 0.717) is 27.3 Å². The molecule has 130 valence electrons. The topological polar surface area (TPSA) is 69.6 Å². The number of fused-ring (bicyclic) bond motifs is 1. The van der Waals surface area contributed by atoms with Crippen molar-refractivity contribution in [3.63, 3.8) is 0 Å². The van der Waals surface area contributed by atoms with Crippen LogP contribution in [0.25, 0.3) is 22.3 Å². The van der Waals surface area contributed by atoms with Crippen LogP contribution in [0.5, 0.6) is 0 Å². The Kier molecular flexibility index (Phi) is 4.48. The number of rotatable bonds is 4. The lowest BCUT2D eigenvalue weighted by Gasteiger charge is -2.07. The average molecular weight is 386 g/mol. The molecule has 0 bridgehead atoms. The van der Waals surface area contributed by atoms with Crippen molar-refractivity contribution in [3.8, 4) is 11.4 Å². The number of thioether (sulfide) groups is 1. The smallest absolute Gasteiger partial charge is 0.210 e. The van der Waals surface area contributed by atoms with Crippen molar-refractivity contribution >= 4 is 34.3 Å². The van der Waals surface area contributed by atoms with Crippen molar-refractivity contribution in [3.05, 3.63) is 71.1 Å². The second-order valence-corrected chi connectivity index (χ2v) is 6.93. The van der Waals surface area contributed by atoms with Gasteiger partial charge in [0.05, 0.1) is 5.52 Å². The zero-order valence-corrected chi connectivity index (χ0v) is 15.0. The summed E-state index contributed by atoms with van der Waals surface area (Å²) < 4.78 is 14.8. The van der Waals surface area contributed by atoms with Gasteiger partial charge in [-0.2, -0.15) is 0 Å². The van der Waals surface area contributed by atoms with Crippen LogP contribution in [-0.4, -0.2) is 19.9 Å². The van der Waals surface area contributed by atoms with E-state index in [0.717, 1.165) is 16.5 Å². The van der Waals surface area contributed by atoms with Gasteiger partial charge >= 0.3 is 0 Å². The summed E-state index contributed by atoms with van der Waals surface area (Å²) >= 11 is 7.66. The van der Waals surface area contributed by atoms with Crippen LogP contribution in [0.3, 0.4) is 0 Å². The number of nitrogens with zero attached hydrogens (tertiary/aromatic N) is 4. The Morgan fingerprint density at radius 3 is 2.85 bits per heavy atom. The molecule has 0 amide bonds. The lowest BCUT2D eigenvalue weighted by Crippen LogP contribution is -2.11. The molecule has 0 fully saturated rings. The van der Waals surface area contributed by atoms with Crippen LogP contribution in [0.2, 0.25) is 5.02 Å². The largest absolute Gasteiger partial charge is 0.335 e. The Balaban J connectivity index is 1.61. The fraction of sp³-hybridized carbons (Fsp3) is 0.0556. The molecule has 0 spiro atoms. The van der Waals surface area contributed by atoms with E-state index >= 15 is 0 Å². The van der Waals surface area contributed by atoms with Crippen molar-refractivity contribution in [2.45, 2.75) is 10.9 Å². The molecule has 0 aliphatic rings. The molecule has 8 heteroatoms. The molecular formula is C18H13ClFN5S. The third-order valence-electron chi connectivity index (χ3n) is 3.90. The molecule has 0 unspecified atom stereocenters. The van der Waals surface area contributed by atoms with Crippen molar-refractivity contribution < 1.29 is 4.39 Å². The number of nitrogens with two attached hydrogens (primary N) is 1. The predicted molar refractivity (Wildman–Crippen MR) is 102 cm³/mol. The number of aromatic nitrogens is 4. The van der Waals surface area contributed by atoms with Gasteiger partial charge in [-0.1, -0.05) is 41.6 Å². The average Bonchev–Trinajstić information content (AvgIpc) is 3.02. The SMILES string of the molecule is Nn1c(SCc2ccc(Cl)c3cccnc23)nnc1-c1cccc(F)c1. The third-order valence-corrected chi connectivity index (χ3v) is 5.23. The number of hydrogen-bond donors (Lipinski definition) is 1. The van der Waals surface area contributed by atoms with E-state index in [2.05, 4.69) is 15.2 Å². The van der Waals surface area contributed by atoms with Gasteiger partial charge in [-0.05, 0) is 35.9 Å².